The SMILES string of the molecule is CC(C)(C)OC(=O)N1CC[C@H](n2cc(B3OC(C)(C)C(C)(C)O3)cn2)[C@H](F)C1. The summed E-state index contributed by atoms with van der Waals surface area (Å²) in [5.74, 6) is 0. The quantitative estimate of drug-likeness (QED) is 0.721. The average molecular weight is 395 g/mol. The molecule has 0 radical (unpaired) electrons. The molecule has 28 heavy (non-hydrogen) atoms. The summed E-state index contributed by atoms with van der Waals surface area (Å²) < 4.78 is 33.9. The lowest BCUT2D eigenvalue weighted by Crippen LogP contribution is -2.47. The van der Waals surface area contributed by atoms with Crippen molar-refractivity contribution in [3.8, 4) is 0 Å². The van der Waals surface area contributed by atoms with Gasteiger partial charge in [0.05, 0.1) is 23.8 Å². The van der Waals surface area contributed by atoms with Gasteiger partial charge in [-0.05, 0) is 54.9 Å². The van der Waals surface area contributed by atoms with E-state index in [1.165, 1.54) is 4.90 Å². The van der Waals surface area contributed by atoms with E-state index < -0.39 is 42.2 Å². The third-order valence-corrected chi connectivity index (χ3v) is 5.65. The molecule has 9 heteroatoms. The number of rotatable bonds is 2. The van der Waals surface area contributed by atoms with Crippen LogP contribution in [0.4, 0.5) is 9.18 Å². The lowest BCUT2D eigenvalue weighted by Gasteiger charge is -2.35. The molecule has 1 amide bonds. The van der Waals surface area contributed by atoms with Gasteiger partial charge in [0.15, 0.2) is 0 Å². The zero-order chi connectivity index (χ0) is 20.9. The van der Waals surface area contributed by atoms with Crippen molar-refractivity contribution in [3.63, 3.8) is 0 Å². The van der Waals surface area contributed by atoms with Gasteiger partial charge in [-0.15, -0.1) is 0 Å². The summed E-state index contributed by atoms with van der Waals surface area (Å²) in [5.41, 5.74) is -0.720. The molecule has 7 nitrogen and oxygen atoms in total. The van der Waals surface area contributed by atoms with Crippen LogP contribution in [0.2, 0.25) is 0 Å². The molecular formula is C19H31BFN3O4. The molecule has 0 N–H and O–H groups in total. The molecular weight excluding hydrogens is 364 g/mol. The van der Waals surface area contributed by atoms with Gasteiger partial charge in [0.25, 0.3) is 0 Å². The summed E-state index contributed by atoms with van der Waals surface area (Å²) in [6.07, 6.45) is 2.20. The smallest absolute Gasteiger partial charge is 0.444 e. The molecule has 2 saturated heterocycles. The summed E-state index contributed by atoms with van der Waals surface area (Å²) in [7, 11) is -0.529. The molecule has 0 aliphatic carbocycles. The number of likely N-dealkylation sites (tertiary alicyclic amines) is 1. The van der Waals surface area contributed by atoms with E-state index in [1.807, 2.05) is 27.7 Å². The minimum Gasteiger partial charge on any atom is -0.444 e. The molecule has 2 atom stereocenters. The fourth-order valence-corrected chi connectivity index (χ4v) is 3.32. The van der Waals surface area contributed by atoms with E-state index in [4.69, 9.17) is 14.0 Å². The number of hydrogen-bond acceptors (Lipinski definition) is 5. The number of halogens is 1. The highest BCUT2D eigenvalue weighted by atomic mass is 19.1. The Hall–Kier alpha value is -1.61. The second kappa shape index (κ2) is 7.02. The highest BCUT2D eigenvalue weighted by molar-refractivity contribution is 6.62. The molecule has 2 fully saturated rings. The Balaban J connectivity index is 1.64. The maximum Gasteiger partial charge on any atom is 0.498 e. The number of piperidine rings is 1. The molecule has 1 aromatic heterocycles. The molecule has 0 saturated carbocycles. The monoisotopic (exact) mass is 395 g/mol. The lowest BCUT2D eigenvalue weighted by atomic mass is 9.82. The van der Waals surface area contributed by atoms with Gasteiger partial charge < -0.3 is 18.9 Å². The van der Waals surface area contributed by atoms with Gasteiger partial charge in [0, 0.05) is 24.4 Å². The van der Waals surface area contributed by atoms with Gasteiger partial charge in [-0.2, -0.15) is 5.10 Å². The summed E-state index contributed by atoms with van der Waals surface area (Å²) in [6.45, 7) is 13.8. The van der Waals surface area contributed by atoms with Gasteiger partial charge in [0.2, 0.25) is 0 Å². The Labute approximate surface area is 166 Å². The van der Waals surface area contributed by atoms with Crippen LogP contribution in [0.5, 0.6) is 0 Å². The van der Waals surface area contributed by atoms with Crippen LogP contribution in [0, 0.1) is 0 Å². The predicted octanol–water partition coefficient (Wildman–Crippen LogP) is 2.70. The highest BCUT2D eigenvalue weighted by Gasteiger charge is 2.52. The maximum absolute atomic E-state index is 14.8. The van der Waals surface area contributed by atoms with Crippen LogP contribution >= 0.6 is 0 Å². The number of hydrogen-bond donors (Lipinski definition) is 0. The van der Waals surface area contributed by atoms with Crippen LogP contribution in [0.15, 0.2) is 12.4 Å². The van der Waals surface area contributed by atoms with E-state index in [0.717, 1.165) is 5.46 Å². The third-order valence-electron chi connectivity index (χ3n) is 5.65. The zero-order valence-electron chi connectivity index (χ0n) is 17.9. The molecule has 1 aromatic rings. The first-order valence-corrected chi connectivity index (χ1v) is 9.81. The minimum absolute atomic E-state index is 0.00867. The third kappa shape index (κ3) is 4.20. The number of amides is 1. The molecule has 3 rings (SSSR count). The lowest BCUT2D eigenvalue weighted by molar-refractivity contribution is 0.00576. The zero-order valence-corrected chi connectivity index (χ0v) is 17.9. The summed E-state index contributed by atoms with van der Waals surface area (Å²) >= 11 is 0. The second-order valence-corrected chi connectivity index (χ2v) is 9.64. The van der Waals surface area contributed by atoms with Crippen molar-refractivity contribution < 1.29 is 23.2 Å². The van der Waals surface area contributed by atoms with Gasteiger partial charge in [-0.25, -0.2) is 9.18 Å². The highest BCUT2D eigenvalue weighted by Crippen LogP contribution is 2.36. The van der Waals surface area contributed by atoms with Crippen molar-refractivity contribution in [3.05, 3.63) is 12.4 Å². The molecule has 2 aliphatic rings. The van der Waals surface area contributed by atoms with Gasteiger partial charge in [0.1, 0.15) is 11.8 Å². The van der Waals surface area contributed by atoms with Crippen LogP contribution < -0.4 is 5.46 Å². The van der Waals surface area contributed by atoms with Crippen LogP contribution in [-0.2, 0) is 14.0 Å². The first-order chi connectivity index (χ1) is 12.8. The number of carbonyl (C=O) groups is 1. The van der Waals surface area contributed by atoms with Crippen LogP contribution in [0.3, 0.4) is 0 Å². The van der Waals surface area contributed by atoms with Crippen molar-refractivity contribution in [2.75, 3.05) is 13.1 Å². The number of carbonyl (C=O) groups excluding carboxylic acids is 1. The molecule has 2 aliphatic heterocycles. The molecule has 156 valence electrons. The van der Waals surface area contributed by atoms with Crippen molar-refractivity contribution in [2.45, 2.75) is 83.9 Å². The predicted molar refractivity (Wildman–Crippen MR) is 104 cm³/mol. The second-order valence-electron chi connectivity index (χ2n) is 9.64. The molecule has 0 aromatic carbocycles. The number of nitrogens with zero attached hydrogens (tertiary/aromatic N) is 3. The standard InChI is InChI=1S/C19H31BFN3O4/c1-17(2,3)26-16(25)23-9-8-15(14(21)12-23)24-11-13(10-22-24)20-27-18(4,5)19(6,7)28-20/h10-11,14-15H,8-9,12H2,1-7H3/t14-,15+/m1/s1. The van der Waals surface area contributed by atoms with E-state index in [1.54, 1.807) is 37.8 Å². The topological polar surface area (TPSA) is 65.8 Å². The fraction of sp³-hybridized carbons (Fsp3) is 0.789. The van der Waals surface area contributed by atoms with E-state index in [9.17, 15) is 9.18 Å². The summed E-state index contributed by atoms with van der Waals surface area (Å²) in [4.78, 5) is 13.6. The van der Waals surface area contributed by atoms with Crippen LogP contribution in [0.1, 0.15) is 60.9 Å². The van der Waals surface area contributed by atoms with E-state index in [0.29, 0.717) is 13.0 Å². The molecule has 3 heterocycles. The fourth-order valence-electron chi connectivity index (χ4n) is 3.32. The van der Waals surface area contributed by atoms with Crippen LogP contribution in [-0.4, -0.2) is 64.0 Å². The van der Waals surface area contributed by atoms with Crippen molar-refractivity contribution in [1.29, 1.82) is 0 Å². The molecule has 0 unspecified atom stereocenters. The summed E-state index contributed by atoms with van der Waals surface area (Å²) in [5, 5.41) is 4.34. The van der Waals surface area contributed by atoms with Gasteiger partial charge in [-0.1, -0.05) is 0 Å². The van der Waals surface area contributed by atoms with Gasteiger partial charge >= 0.3 is 13.2 Å². The Morgan fingerprint density at radius 1 is 1.29 bits per heavy atom. The Morgan fingerprint density at radius 2 is 1.89 bits per heavy atom. The number of alkyl halides is 1. The average Bonchev–Trinajstić information content (AvgIpc) is 3.08. The van der Waals surface area contributed by atoms with Crippen molar-refractivity contribution >= 4 is 18.7 Å². The molecule has 0 spiro atoms. The Kier molecular flexibility index (Phi) is 5.29. The first kappa shape index (κ1) is 21.1. The molecule has 0 bridgehead atoms. The van der Waals surface area contributed by atoms with E-state index >= 15 is 0 Å². The summed E-state index contributed by atoms with van der Waals surface area (Å²) in [6, 6.07) is -0.435. The Bertz CT molecular complexity index is 715. The Morgan fingerprint density at radius 3 is 2.43 bits per heavy atom. The van der Waals surface area contributed by atoms with E-state index in [2.05, 4.69) is 5.10 Å². The maximum atomic E-state index is 14.8. The van der Waals surface area contributed by atoms with E-state index in [-0.39, 0.29) is 6.54 Å². The van der Waals surface area contributed by atoms with Gasteiger partial charge in [-0.3, -0.25) is 4.68 Å². The number of aromatic nitrogens is 2. The minimum atomic E-state index is -1.23. The number of ether oxygens (including phenoxy) is 1. The largest absolute Gasteiger partial charge is 0.498 e. The van der Waals surface area contributed by atoms with Crippen molar-refractivity contribution in [1.82, 2.24) is 14.7 Å². The normalized spacial score (nSPS) is 27.1. The van der Waals surface area contributed by atoms with Crippen LogP contribution in [0.25, 0.3) is 0 Å². The van der Waals surface area contributed by atoms with Crippen molar-refractivity contribution in [2.24, 2.45) is 0 Å². The first-order valence-electron chi connectivity index (χ1n) is 9.81.